The maximum Gasteiger partial charge on any atom is 0.136 e. The average molecular weight is 414 g/mol. The Balaban J connectivity index is 1.92. The van der Waals surface area contributed by atoms with Crippen LogP contribution in [0.3, 0.4) is 0 Å². The Morgan fingerprint density at radius 2 is 1.95 bits per heavy atom. The highest BCUT2D eigenvalue weighted by Gasteiger charge is 2.27. The number of anilines is 3. The second kappa shape index (κ2) is 5.81. The van der Waals surface area contributed by atoms with Gasteiger partial charge >= 0.3 is 0 Å². The summed E-state index contributed by atoms with van der Waals surface area (Å²) in [6, 6.07) is 5.55. The van der Waals surface area contributed by atoms with E-state index >= 15 is 0 Å². The summed E-state index contributed by atoms with van der Waals surface area (Å²) in [5.74, 6) is 3.18. The molecule has 0 radical (unpaired) electrons. The highest BCUT2D eigenvalue weighted by atomic mass is 79.9. The van der Waals surface area contributed by atoms with Crippen LogP contribution in [0, 0.1) is 0 Å². The number of hydrogen-bond donors (Lipinski definition) is 2. The molecule has 1 fully saturated rings. The first-order valence-electron chi connectivity index (χ1n) is 6.51. The topological polar surface area (TPSA) is 73.1 Å². The minimum Gasteiger partial charge on any atom is -0.495 e. The molecule has 3 N–H and O–H groups in total. The summed E-state index contributed by atoms with van der Waals surface area (Å²) in [5.41, 5.74) is 6.72. The Morgan fingerprint density at radius 1 is 1.19 bits per heavy atom. The van der Waals surface area contributed by atoms with Crippen molar-refractivity contribution >= 4 is 49.2 Å². The van der Waals surface area contributed by atoms with Crippen molar-refractivity contribution in [3.8, 4) is 5.75 Å². The van der Waals surface area contributed by atoms with Gasteiger partial charge < -0.3 is 15.8 Å². The molecule has 0 bridgehead atoms. The molecule has 7 heteroatoms. The monoisotopic (exact) mass is 412 g/mol. The number of nitrogens with two attached hydrogens (primary N) is 1. The predicted octanol–water partition coefficient (Wildman–Crippen LogP) is 4.21. The molecular weight excluding hydrogens is 400 g/mol. The van der Waals surface area contributed by atoms with Gasteiger partial charge in [-0.2, -0.15) is 0 Å². The molecular formula is C14H14Br2N4O. The quantitative estimate of drug-likeness (QED) is 0.785. The molecule has 1 aliphatic rings. The van der Waals surface area contributed by atoms with Gasteiger partial charge in [-0.1, -0.05) is 0 Å². The normalized spacial score (nSPS) is 14.0. The van der Waals surface area contributed by atoms with Gasteiger partial charge in [0.2, 0.25) is 0 Å². The lowest BCUT2D eigenvalue weighted by molar-refractivity contribution is 0.412. The standard InChI is InChI=1S/C14H14Br2N4O/c1-21-11-5-10(8(15)4-9(11)16)18-13-6-12(17)19-14(20-13)7-2-3-7/h4-7H,2-3H2,1H3,(H3,17,18,19,20). The van der Waals surface area contributed by atoms with Crippen LogP contribution in [-0.4, -0.2) is 17.1 Å². The number of nitrogen functional groups attached to an aromatic ring is 1. The van der Waals surface area contributed by atoms with Gasteiger partial charge in [0.1, 0.15) is 23.2 Å². The van der Waals surface area contributed by atoms with Crippen LogP contribution in [0.15, 0.2) is 27.1 Å². The van der Waals surface area contributed by atoms with Gasteiger partial charge in [0.05, 0.1) is 17.3 Å². The van der Waals surface area contributed by atoms with Gasteiger partial charge in [-0.25, -0.2) is 9.97 Å². The minimum absolute atomic E-state index is 0.456. The van der Waals surface area contributed by atoms with Crippen LogP contribution in [0.4, 0.5) is 17.3 Å². The van der Waals surface area contributed by atoms with Gasteiger partial charge in [0.25, 0.3) is 0 Å². The number of methoxy groups -OCH3 is 1. The molecule has 0 amide bonds. The molecule has 1 saturated carbocycles. The van der Waals surface area contributed by atoms with Gasteiger partial charge in [-0.05, 0) is 50.8 Å². The molecule has 0 aliphatic heterocycles. The SMILES string of the molecule is COc1cc(Nc2cc(N)nc(C3CC3)n2)c(Br)cc1Br. The van der Waals surface area contributed by atoms with E-state index in [1.807, 2.05) is 12.1 Å². The van der Waals surface area contributed by atoms with E-state index in [1.54, 1.807) is 13.2 Å². The third-order valence-corrected chi connectivity index (χ3v) is 4.49. The molecule has 0 saturated heterocycles. The molecule has 5 nitrogen and oxygen atoms in total. The van der Waals surface area contributed by atoms with Crippen LogP contribution in [-0.2, 0) is 0 Å². The van der Waals surface area contributed by atoms with Crippen LogP contribution < -0.4 is 15.8 Å². The third-order valence-electron chi connectivity index (χ3n) is 3.21. The van der Waals surface area contributed by atoms with E-state index in [1.165, 1.54) is 0 Å². The van der Waals surface area contributed by atoms with E-state index in [4.69, 9.17) is 10.5 Å². The van der Waals surface area contributed by atoms with Gasteiger partial charge in [-0.15, -0.1) is 0 Å². The Bertz CT molecular complexity index is 689. The Kier molecular flexibility index (Phi) is 4.03. The largest absolute Gasteiger partial charge is 0.495 e. The molecule has 0 unspecified atom stereocenters. The van der Waals surface area contributed by atoms with Crippen molar-refractivity contribution in [2.24, 2.45) is 0 Å². The number of nitrogens with zero attached hydrogens (tertiary/aromatic N) is 2. The fourth-order valence-electron chi connectivity index (χ4n) is 1.99. The van der Waals surface area contributed by atoms with E-state index in [-0.39, 0.29) is 0 Å². The van der Waals surface area contributed by atoms with Gasteiger partial charge in [-0.3, -0.25) is 0 Å². The molecule has 21 heavy (non-hydrogen) atoms. The number of ether oxygens (including phenoxy) is 1. The number of rotatable bonds is 4. The summed E-state index contributed by atoms with van der Waals surface area (Å²) in [4.78, 5) is 8.82. The summed E-state index contributed by atoms with van der Waals surface area (Å²) >= 11 is 6.97. The molecule has 3 rings (SSSR count). The lowest BCUT2D eigenvalue weighted by Crippen LogP contribution is -2.03. The van der Waals surface area contributed by atoms with Crippen molar-refractivity contribution in [1.82, 2.24) is 9.97 Å². The first kappa shape index (κ1) is 14.6. The van der Waals surface area contributed by atoms with E-state index in [9.17, 15) is 0 Å². The van der Waals surface area contributed by atoms with Gasteiger partial charge in [0, 0.05) is 22.5 Å². The zero-order valence-electron chi connectivity index (χ0n) is 11.4. The number of hydrogen-bond acceptors (Lipinski definition) is 5. The second-order valence-electron chi connectivity index (χ2n) is 4.90. The van der Waals surface area contributed by atoms with E-state index in [2.05, 4.69) is 47.1 Å². The summed E-state index contributed by atoms with van der Waals surface area (Å²) in [7, 11) is 1.63. The third kappa shape index (κ3) is 3.29. The number of halogens is 2. The zero-order chi connectivity index (χ0) is 15.0. The fourth-order valence-corrected chi connectivity index (χ4v) is 3.25. The molecule has 1 aliphatic carbocycles. The molecule has 110 valence electrons. The highest BCUT2D eigenvalue weighted by Crippen LogP contribution is 2.39. The lowest BCUT2D eigenvalue weighted by Gasteiger charge is -2.12. The predicted molar refractivity (Wildman–Crippen MR) is 90.1 cm³/mol. The van der Waals surface area contributed by atoms with Gasteiger partial charge in [0.15, 0.2) is 0 Å². The van der Waals surface area contributed by atoms with E-state index in [0.717, 1.165) is 39.0 Å². The number of nitrogens with one attached hydrogen (secondary N) is 1. The van der Waals surface area contributed by atoms with E-state index in [0.29, 0.717) is 17.6 Å². The first-order chi connectivity index (χ1) is 10.1. The average Bonchev–Trinajstić information content (AvgIpc) is 3.25. The van der Waals surface area contributed by atoms with Crippen LogP contribution in [0.1, 0.15) is 24.6 Å². The van der Waals surface area contributed by atoms with Crippen molar-refractivity contribution in [3.05, 3.63) is 33.0 Å². The van der Waals surface area contributed by atoms with E-state index < -0.39 is 0 Å². The molecule has 1 aromatic carbocycles. The number of aromatic nitrogens is 2. The fraction of sp³-hybridized carbons (Fsp3) is 0.286. The van der Waals surface area contributed by atoms with Crippen molar-refractivity contribution in [2.45, 2.75) is 18.8 Å². The maximum absolute atomic E-state index is 5.86. The van der Waals surface area contributed by atoms with Crippen LogP contribution >= 0.6 is 31.9 Å². The van der Waals surface area contributed by atoms with Crippen molar-refractivity contribution in [3.63, 3.8) is 0 Å². The molecule has 1 heterocycles. The van der Waals surface area contributed by atoms with Crippen molar-refractivity contribution in [1.29, 1.82) is 0 Å². The lowest BCUT2D eigenvalue weighted by atomic mass is 10.3. The second-order valence-corrected chi connectivity index (χ2v) is 6.61. The molecule has 0 spiro atoms. The smallest absolute Gasteiger partial charge is 0.136 e. The van der Waals surface area contributed by atoms with Crippen LogP contribution in [0.2, 0.25) is 0 Å². The molecule has 1 aromatic heterocycles. The highest BCUT2D eigenvalue weighted by molar-refractivity contribution is 9.11. The summed E-state index contributed by atoms with van der Waals surface area (Å²) in [6.45, 7) is 0. The van der Waals surface area contributed by atoms with Crippen LogP contribution in [0.25, 0.3) is 0 Å². The van der Waals surface area contributed by atoms with Crippen molar-refractivity contribution in [2.75, 3.05) is 18.2 Å². The summed E-state index contributed by atoms with van der Waals surface area (Å²) in [6.07, 6.45) is 2.28. The number of benzene rings is 1. The van der Waals surface area contributed by atoms with Crippen molar-refractivity contribution < 1.29 is 4.74 Å². The first-order valence-corrected chi connectivity index (χ1v) is 8.10. The Morgan fingerprint density at radius 3 is 2.62 bits per heavy atom. The summed E-state index contributed by atoms with van der Waals surface area (Å²) in [5, 5.41) is 3.26. The van der Waals surface area contributed by atoms with Crippen LogP contribution in [0.5, 0.6) is 5.75 Å². The minimum atomic E-state index is 0.456. The summed E-state index contributed by atoms with van der Waals surface area (Å²) < 4.78 is 7.09. The maximum atomic E-state index is 5.86. The zero-order valence-corrected chi connectivity index (χ0v) is 14.5. The molecule has 2 aromatic rings. The Hall–Kier alpha value is -1.34. The molecule has 0 atom stereocenters. The Labute approximate surface area is 139 Å².